The quantitative estimate of drug-likeness (QED) is 0.815. The lowest BCUT2D eigenvalue weighted by Gasteiger charge is -2.30. The molecule has 0 bridgehead atoms. The van der Waals surface area contributed by atoms with Crippen molar-refractivity contribution in [3.05, 3.63) is 22.4 Å². The van der Waals surface area contributed by atoms with Crippen LogP contribution in [-0.2, 0) is 4.79 Å². The molecule has 1 N–H and O–H groups in total. The highest BCUT2D eigenvalue weighted by atomic mass is 32.1. The third-order valence-electron chi connectivity index (χ3n) is 4.78. The van der Waals surface area contributed by atoms with E-state index in [1.54, 1.807) is 0 Å². The molecule has 1 aliphatic heterocycles. The van der Waals surface area contributed by atoms with E-state index in [1.807, 2.05) is 11.3 Å². The number of nitrogens with zero attached hydrogens (tertiary/aromatic N) is 1. The summed E-state index contributed by atoms with van der Waals surface area (Å²) in [6.07, 6.45) is 7.09. The number of carbonyl (C=O) groups excluding carboxylic acids is 1. The second kappa shape index (κ2) is 9.31. The van der Waals surface area contributed by atoms with Gasteiger partial charge in [0.05, 0.1) is 6.04 Å². The van der Waals surface area contributed by atoms with Crippen molar-refractivity contribution in [2.24, 2.45) is 5.92 Å². The van der Waals surface area contributed by atoms with E-state index < -0.39 is 0 Å². The molecule has 1 saturated heterocycles. The summed E-state index contributed by atoms with van der Waals surface area (Å²) in [6, 6.07) is 4.67. The highest BCUT2D eigenvalue weighted by Crippen LogP contribution is 2.27. The fourth-order valence-corrected chi connectivity index (χ4v) is 4.16. The van der Waals surface area contributed by atoms with Crippen LogP contribution in [0.25, 0.3) is 0 Å². The SMILES string of the molecule is CCC(CC)C(=O)NC[C@H](c1cccs1)N1CCCCCC1. The van der Waals surface area contributed by atoms with Gasteiger partial charge in [0, 0.05) is 17.3 Å². The van der Waals surface area contributed by atoms with Crippen LogP contribution in [-0.4, -0.2) is 30.4 Å². The van der Waals surface area contributed by atoms with Gasteiger partial charge in [-0.1, -0.05) is 32.8 Å². The van der Waals surface area contributed by atoms with Crippen molar-refractivity contribution in [3.8, 4) is 0 Å². The van der Waals surface area contributed by atoms with Crippen molar-refractivity contribution in [2.45, 2.75) is 58.4 Å². The van der Waals surface area contributed by atoms with Crippen molar-refractivity contribution < 1.29 is 4.79 Å². The van der Waals surface area contributed by atoms with Gasteiger partial charge in [0.25, 0.3) is 0 Å². The number of nitrogens with one attached hydrogen (secondary N) is 1. The van der Waals surface area contributed by atoms with Gasteiger partial charge >= 0.3 is 0 Å². The van der Waals surface area contributed by atoms with Crippen LogP contribution in [0.5, 0.6) is 0 Å². The van der Waals surface area contributed by atoms with E-state index in [4.69, 9.17) is 0 Å². The van der Waals surface area contributed by atoms with Crippen molar-refractivity contribution in [3.63, 3.8) is 0 Å². The van der Waals surface area contributed by atoms with Gasteiger partial charge in [0.15, 0.2) is 0 Å². The standard InChI is InChI=1S/C18H30N2OS/c1-3-15(4-2)18(21)19-14-16(17-10-9-13-22-17)20-11-7-5-6-8-12-20/h9-10,13,15-16H,3-8,11-12,14H2,1-2H3,(H,19,21)/t16-/m1/s1. The topological polar surface area (TPSA) is 32.3 Å². The molecule has 2 rings (SSSR count). The molecule has 1 amide bonds. The molecule has 0 aliphatic carbocycles. The Bertz CT molecular complexity index is 420. The first kappa shape index (κ1) is 17.5. The lowest BCUT2D eigenvalue weighted by Crippen LogP contribution is -2.40. The largest absolute Gasteiger partial charge is 0.354 e. The third kappa shape index (κ3) is 4.82. The van der Waals surface area contributed by atoms with Crippen molar-refractivity contribution >= 4 is 17.2 Å². The predicted molar refractivity (Wildman–Crippen MR) is 94.2 cm³/mol. The van der Waals surface area contributed by atoms with Crippen LogP contribution in [0.3, 0.4) is 0 Å². The molecule has 0 saturated carbocycles. The summed E-state index contributed by atoms with van der Waals surface area (Å²) in [4.78, 5) is 16.3. The Morgan fingerprint density at radius 1 is 1.23 bits per heavy atom. The Hall–Kier alpha value is -0.870. The van der Waals surface area contributed by atoms with Gasteiger partial charge < -0.3 is 5.32 Å². The number of thiophene rings is 1. The van der Waals surface area contributed by atoms with Gasteiger partial charge in [-0.25, -0.2) is 0 Å². The van der Waals surface area contributed by atoms with Crippen LogP contribution < -0.4 is 5.32 Å². The van der Waals surface area contributed by atoms with Crippen LogP contribution in [0.1, 0.15) is 63.3 Å². The minimum absolute atomic E-state index is 0.160. The van der Waals surface area contributed by atoms with Crippen LogP contribution in [0.2, 0.25) is 0 Å². The third-order valence-corrected chi connectivity index (χ3v) is 5.75. The molecule has 1 aromatic heterocycles. The van der Waals surface area contributed by atoms with Crippen molar-refractivity contribution in [1.82, 2.24) is 10.2 Å². The molecule has 22 heavy (non-hydrogen) atoms. The number of hydrogen-bond acceptors (Lipinski definition) is 3. The molecule has 124 valence electrons. The van der Waals surface area contributed by atoms with Crippen molar-refractivity contribution in [1.29, 1.82) is 0 Å². The molecule has 0 radical (unpaired) electrons. The van der Waals surface area contributed by atoms with Gasteiger partial charge in [-0.2, -0.15) is 0 Å². The van der Waals surface area contributed by atoms with Gasteiger partial charge in [0.2, 0.25) is 5.91 Å². The number of likely N-dealkylation sites (tertiary alicyclic amines) is 1. The monoisotopic (exact) mass is 322 g/mol. The molecule has 0 spiro atoms. The average molecular weight is 323 g/mol. The fourth-order valence-electron chi connectivity index (χ4n) is 3.30. The highest BCUT2D eigenvalue weighted by Gasteiger charge is 2.24. The maximum Gasteiger partial charge on any atom is 0.223 e. The molecule has 1 aliphatic rings. The lowest BCUT2D eigenvalue weighted by molar-refractivity contribution is -0.125. The summed E-state index contributed by atoms with van der Waals surface area (Å²) in [5.74, 6) is 0.384. The summed E-state index contributed by atoms with van der Waals surface area (Å²) < 4.78 is 0. The van der Waals surface area contributed by atoms with E-state index in [0.717, 1.165) is 32.5 Å². The zero-order chi connectivity index (χ0) is 15.8. The summed E-state index contributed by atoms with van der Waals surface area (Å²) in [6.45, 7) is 7.25. The highest BCUT2D eigenvalue weighted by molar-refractivity contribution is 7.10. The van der Waals surface area contributed by atoms with E-state index in [9.17, 15) is 4.79 Å². The second-order valence-corrected chi connectivity index (χ2v) is 7.22. The van der Waals surface area contributed by atoms with Gasteiger partial charge in [-0.05, 0) is 50.2 Å². The molecule has 4 heteroatoms. The maximum atomic E-state index is 12.3. The average Bonchev–Trinajstić information content (AvgIpc) is 2.92. The van der Waals surface area contributed by atoms with E-state index in [-0.39, 0.29) is 11.8 Å². The first-order valence-corrected chi connectivity index (χ1v) is 9.69. The molecule has 1 atom stereocenters. The minimum atomic E-state index is 0.160. The van der Waals surface area contributed by atoms with Crippen LogP contribution >= 0.6 is 11.3 Å². The number of rotatable bonds is 7. The second-order valence-electron chi connectivity index (χ2n) is 6.24. The van der Waals surface area contributed by atoms with Crippen molar-refractivity contribution in [2.75, 3.05) is 19.6 Å². The Kier molecular flexibility index (Phi) is 7.40. The Morgan fingerprint density at radius 2 is 1.91 bits per heavy atom. The first-order valence-electron chi connectivity index (χ1n) is 8.81. The Balaban J connectivity index is 2.00. The normalized spacial score (nSPS) is 18.1. The molecule has 1 fully saturated rings. The zero-order valence-corrected chi connectivity index (χ0v) is 14.8. The van der Waals surface area contributed by atoms with E-state index in [2.05, 4.69) is 41.6 Å². The predicted octanol–water partition coefficient (Wildman–Crippen LogP) is 4.22. The molecule has 1 aromatic rings. The zero-order valence-electron chi connectivity index (χ0n) is 14.0. The van der Waals surface area contributed by atoms with Gasteiger partial charge in [0.1, 0.15) is 0 Å². The molecule has 2 heterocycles. The van der Waals surface area contributed by atoms with Gasteiger partial charge in [-0.15, -0.1) is 11.3 Å². The fraction of sp³-hybridized carbons (Fsp3) is 0.722. The molecular weight excluding hydrogens is 292 g/mol. The summed E-state index contributed by atoms with van der Waals surface area (Å²) in [7, 11) is 0. The first-order chi connectivity index (χ1) is 10.8. The number of amides is 1. The van der Waals surface area contributed by atoms with Gasteiger partial charge in [-0.3, -0.25) is 9.69 Å². The van der Waals surface area contributed by atoms with Crippen LogP contribution in [0.15, 0.2) is 17.5 Å². The van der Waals surface area contributed by atoms with E-state index >= 15 is 0 Å². The van der Waals surface area contributed by atoms with Crippen LogP contribution in [0.4, 0.5) is 0 Å². The summed E-state index contributed by atoms with van der Waals surface area (Å²) in [5.41, 5.74) is 0. The lowest BCUT2D eigenvalue weighted by atomic mass is 10.0. The molecule has 0 aromatic carbocycles. The number of hydrogen-bond donors (Lipinski definition) is 1. The summed E-state index contributed by atoms with van der Waals surface area (Å²) >= 11 is 1.81. The minimum Gasteiger partial charge on any atom is -0.354 e. The Labute approximate surface area is 139 Å². The van der Waals surface area contributed by atoms with E-state index in [1.165, 1.54) is 30.6 Å². The molecular formula is C18H30N2OS. The smallest absolute Gasteiger partial charge is 0.223 e. The Morgan fingerprint density at radius 3 is 2.45 bits per heavy atom. The molecule has 3 nitrogen and oxygen atoms in total. The summed E-state index contributed by atoms with van der Waals surface area (Å²) in [5, 5.41) is 5.36. The number of carbonyl (C=O) groups is 1. The van der Waals surface area contributed by atoms with E-state index in [0.29, 0.717) is 6.04 Å². The van der Waals surface area contributed by atoms with Crippen LogP contribution in [0, 0.1) is 5.92 Å². The maximum absolute atomic E-state index is 12.3. The molecule has 0 unspecified atom stereocenters.